The van der Waals surface area contributed by atoms with Gasteiger partial charge in [-0.2, -0.15) is 0 Å². The smallest absolute Gasteiger partial charge is 0.141 e. The maximum Gasteiger partial charge on any atom is 0.141 e. The number of aromatic nitrogens is 1. The minimum Gasteiger partial charge on any atom is -0.497 e. The van der Waals surface area contributed by atoms with Gasteiger partial charge in [-0.25, -0.2) is 4.39 Å². The monoisotopic (exact) mass is 353 g/mol. The van der Waals surface area contributed by atoms with Crippen LogP contribution in [0.2, 0.25) is 0 Å². The first-order chi connectivity index (χ1) is 12.7. The van der Waals surface area contributed by atoms with Crippen molar-refractivity contribution >= 4 is 11.3 Å². The normalized spacial score (nSPS) is 18.4. The lowest BCUT2D eigenvalue weighted by molar-refractivity contribution is 0.364. The average Bonchev–Trinajstić information content (AvgIpc) is 2.98. The lowest BCUT2D eigenvalue weighted by atomic mass is 9.97. The lowest BCUT2D eigenvalue weighted by Gasteiger charge is -2.34. The third-order valence-electron chi connectivity index (χ3n) is 5.38. The highest BCUT2D eigenvalue weighted by Crippen LogP contribution is 2.45. The number of fused-ring (bicyclic) bond motifs is 3. The number of hydrogen-bond acceptors (Lipinski definition) is 4. The fourth-order valence-corrected chi connectivity index (χ4v) is 4.02. The molecular formula is C21H24FN3O. The van der Waals surface area contributed by atoms with Crippen molar-refractivity contribution in [1.29, 1.82) is 0 Å². The highest BCUT2D eigenvalue weighted by atomic mass is 19.1. The summed E-state index contributed by atoms with van der Waals surface area (Å²) in [6, 6.07) is 8.26. The molecule has 2 aliphatic heterocycles. The molecule has 26 heavy (non-hydrogen) atoms. The van der Waals surface area contributed by atoms with Crippen molar-refractivity contribution in [2.45, 2.75) is 25.8 Å². The summed E-state index contributed by atoms with van der Waals surface area (Å²) in [4.78, 5) is 8.80. The molecule has 1 aromatic heterocycles. The molecule has 0 saturated carbocycles. The number of halogens is 1. The first-order valence-corrected chi connectivity index (χ1v) is 9.20. The minimum absolute atomic E-state index is 0.272. The van der Waals surface area contributed by atoms with Crippen molar-refractivity contribution in [2.24, 2.45) is 0 Å². The summed E-state index contributed by atoms with van der Waals surface area (Å²) in [5, 5.41) is 0. The molecule has 5 heteroatoms. The molecule has 2 aliphatic rings. The molecule has 4 rings (SSSR count). The molecule has 0 aliphatic carbocycles. The number of benzene rings is 1. The second-order valence-electron chi connectivity index (χ2n) is 6.86. The SMILES string of the molecule is CCN1C=C2c3cc(OC)ccc3N(CCc3cncc(F)c3)C2CC1. The zero-order valence-corrected chi connectivity index (χ0v) is 15.3. The maximum atomic E-state index is 13.4. The van der Waals surface area contributed by atoms with Gasteiger partial charge >= 0.3 is 0 Å². The van der Waals surface area contributed by atoms with Crippen molar-refractivity contribution in [3.8, 4) is 5.75 Å². The van der Waals surface area contributed by atoms with E-state index >= 15 is 0 Å². The van der Waals surface area contributed by atoms with E-state index in [1.54, 1.807) is 19.4 Å². The van der Waals surface area contributed by atoms with E-state index in [4.69, 9.17) is 4.74 Å². The predicted molar refractivity (Wildman–Crippen MR) is 102 cm³/mol. The van der Waals surface area contributed by atoms with Gasteiger partial charge in [0.15, 0.2) is 0 Å². The number of hydrogen-bond donors (Lipinski definition) is 0. The number of methoxy groups -OCH3 is 1. The highest BCUT2D eigenvalue weighted by molar-refractivity contribution is 5.89. The quantitative estimate of drug-likeness (QED) is 0.819. The lowest BCUT2D eigenvalue weighted by Crippen LogP contribution is -2.39. The minimum atomic E-state index is -0.272. The number of nitrogens with zero attached hydrogens (tertiary/aromatic N) is 3. The number of pyridine rings is 1. The Morgan fingerprint density at radius 3 is 2.92 bits per heavy atom. The van der Waals surface area contributed by atoms with E-state index in [0.29, 0.717) is 6.04 Å². The Kier molecular flexibility index (Phi) is 4.53. The van der Waals surface area contributed by atoms with Crippen molar-refractivity contribution < 1.29 is 9.13 Å². The fourth-order valence-electron chi connectivity index (χ4n) is 4.02. The largest absolute Gasteiger partial charge is 0.497 e. The summed E-state index contributed by atoms with van der Waals surface area (Å²) in [6.07, 6.45) is 7.18. The standard InChI is InChI=1S/C21H24FN3O/c1-3-24-8-7-21-19(14-24)18-11-17(26-2)4-5-20(18)25(21)9-6-15-10-16(22)13-23-12-15/h4-5,10-14,21H,3,6-9H2,1-2H3. The molecule has 0 amide bonds. The van der Waals surface area contributed by atoms with Crippen LogP contribution in [-0.4, -0.2) is 42.7 Å². The van der Waals surface area contributed by atoms with Gasteiger partial charge < -0.3 is 14.5 Å². The van der Waals surface area contributed by atoms with Gasteiger partial charge in [-0.15, -0.1) is 0 Å². The summed E-state index contributed by atoms with van der Waals surface area (Å²) >= 11 is 0. The third-order valence-corrected chi connectivity index (χ3v) is 5.38. The molecular weight excluding hydrogens is 329 g/mol. The Hall–Kier alpha value is -2.56. The Morgan fingerprint density at radius 2 is 2.15 bits per heavy atom. The van der Waals surface area contributed by atoms with E-state index in [1.807, 2.05) is 6.07 Å². The molecule has 3 heterocycles. The zero-order chi connectivity index (χ0) is 18.1. The third kappa shape index (κ3) is 3.02. The highest BCUT2D eigenvalue weighted by Gasteiger charge is 2.36. The molecule has 0 N–H and O–H groups in total. The van der Waals surface area contributed by atoms with E-state index in [9.17, 15) is 4.39 Å². The van der Waals surface area contributed by atoms with Gasteiger partial charge in [0.05, 0.1) is 19.3 Å². The number of ether oxygens (including phenoxy) is 1. The van der Waals surface area contributed by atoms with E-state index in [-0.39, 0.29) is 5.82 Å². The van der Waals surface area contributed by atoms with Crippen LogP contribution in [0.1, 0.15) is 24.5 Å². The molecule has 0 bridgehead atoms. The van der Waals surface area contributed by atoms with Crippen LogP contribution in [0.25, 0.3) is 5.57 Å². The topological polar surface area (TPSA) is 28.6 Å². The van der Waals surface area contributed by atoms with E-state index < -0.39 is 0 Å². The van der Waals surface area contributed by atoms with Crippen LogP contribution in [0.15, 0.2) is 42.9 Å². The Bertz CT molecular complexity index is 836. The summed E-state index contributed by atoms with van der Waals surface area (Å²) in [7, 11) is 1.70. The van der Waals surface area contributed by atoms with Crippen LogP contribution in [-0.2, 0) is 6.42 Å². The molecule has 0 spiro atoms. The fraction of sp³-hybridized carbons (Fsp3) is 0.381. The molecule has 1 atom stereocenters. The van der Waals surface area contributed by atoms with Gasteiger partial charge in [0, 0.05) is 43.3 Å². The summed E-state index contributed by atoms with van der Waals surface area (Å²) in [5.74, 6) is 0.610. The van der Waals surface area contributed by atoms with Crippen LogP contribution >= 0.6 is 0 Å². The first kappa shape index (κ1) is 16.9. The summed E-state index contributed by atoms with van der Waals surface area (Å²) < 4.78 is 18.9. The van der Waals surface area contributed by atoms with Crippen LogP contribution < -0.4 is 9.64 Å². The number of rotatable bonds is 5. The molecule has 136 valence electrons. The molecule has 2 aromatic rings. The van der Waals surface area contributed by atoms with Crippen LogP contribution in [0.5, 0.6) is 5.75 Å². The molecule has 4 nitrogen and oxygen atoms in total. The number of anilines is 1. The van der Waals surface area contributed by atoms with Crippen molar-refractivity contribution in [2.75, 3.05) is 31.6 Å². The average molecular weight is 353 g/mol. The van der Waals surface area contributed by atoms with Gasteiger partial charge in [0.1, 0.15) is 11.6 Å². The van der Waals surface area contributed by atoms with Crippen LogP contribution in [0.4, 0.5) is 10.1 Å². The Morgan fingerprint density at radius 1 is 1.27 bits per heavy atom. The summed E-state index contributed by atoms with van der Waals surface area (Å²) in [6.45, 7) is 5.12. The van der Waals surface area contributed by atoms with Gasteiger partial charge in [-0.1, -0.05) is 0 Å². The van der Waals surface area contributed by atoms with Gasteiger partial charge in [0.25, 0.3) is 0 Å². The van der Waals surface area contributed by atoms with Crippen LogP contribution in [0, 0.1) is 5.82 Å². The van der Waals surface area contributed by atoms with Gasteiger partial charge in [-0.05, 0) is 55.2 Å². The Labute approximate surface area is 153 Å². The Balaban J connectivity index is 1.65. The van der Waals surface area contributed by atoms with Gasteiger partial charge in [0.2, 0.25) is 0 Å². The second kappa shape index (κ2) is 6.98. The van der Waals surface area contributed by atoms with Crippen molar-refractivity contribution in [3.05, 3.63) is 59.8 Å². The summed E-state index contributed by atoms with van der Waals surface area (Å²) in [5.41, 5.74) is 4.79. The van der Waals surface area contributed by atoms with E-state index in [1.165, 1.54) is 23.0 Å². The molecule has 0 saturated heterocycles. The van der Waals surface area contributed by atoms with Crippen molar-refractivity contribution in [1.82, 2.24) is 9.88 Å². The maximum absolute atomic E-state index is 13.4. The van der Waals surface area contributed by atoms with Gasteiger partial charge in [-0.3, -0.25) is 4.98 Å². The zero-order valence-electron chi connectivity index (χ0n) is 15.3. The molecule has 1 unspecified atom stereocenters. The first-order valence-electron chi connectivity index (χ1n) is 9.20. The molecule has 0 radical (unpaired) electrons. The van der Waals surface area contributed by atoms with Crippen molar-refractivity contribution in [3.63, 3.8) is 0 Å². The van der Waals surface area contributed by atoms with Crippen LogP contribution in [0.3, 0.4) is 0 Å². The van der Waals surface area contributed by atoms with E-state index in [0.717, 1.165) is 43.8 Å². The predicted octanol–water partition coefficient (Wildman–Crippen LogP) is 3.73. The molecule has 1 aromatic carbocycles. The second-order valence-corrected chi connectivity index (χ2v) is 6.86. The molecule has 0 fully saturated rings. The van der Waals surface area contributed by atoms with E-state index in [2.05, 4.69) is 40.0 Å².